The van der Waals surface area contributed by atoms with Crippen molar-refractivity contribution >= 4 is 34.6 Å². The van der Waals surface area contributed by atoms with Crippen molar-refractivity contribution in [3.63, 3.8) is 0 Å². The van der Waals surface area contributed by atoms with E-state index in [0.29, 0.717) is 18.6 Å². The minimum atomic E-state index is -0.866. The second-order valence-corrected chi connectivity index (χ2v) is 5.38. The summed E-state index contributed by atoms with van der Waals surface area (Å²) in [5.74, 6) is -0.0434. The van der Waals surface area contributed by atoms with Crippen molar-refractivity contribution in [2.24, 2.45) is 0 Å². The van der Waals surface area contributed by atoms with Crippen LogP contribution in [-0.2, 0) is 4.79 Å². The van der Waals surface area contributed by atoms with Gasteiger partial charge in [0.1, 0.15) is 5.75 Å². The van der Waals surface area contributed by atoms with E-state index in [1.54, 1.807) is 6.08 Å². The molecule has 1 aromatic carbocycles. The average Bonchev–Trinajstić information content (AvgIpc) is 2.39. The SMILES string of the molecule is CCCCOc1cc(/C=C(\CC)C(=O)O)ccc1I. The number of carbonyl (C=O) groups is 1. The summed E-state index contributed by atoms with van der Waals surface area (Å²) in [4.78, 5) is 11.0. The quantitative estimate of drug-likeness (QED) is 0.439. The number of ether oxygens (including phenoxy) is 1. The largest absolute Gasteiger partial charge is 0.492 e. The lowest BCUT2D eigenvalue weighted by atomic mass is 10.1. The van der Waals surface area contributed by atoms with Gasteiger partial charge in [0, 0.05) is 5.57 Å². The Balaban J connectivity index is 2.91. The third-order valence-electron chi connectivity index (χ3n) is 2.71. The number of hydrogen-bond acceptors (Lipinski definition) is 2. The van der Waals surface area contributed by atoms with Crippen molar-refractivity contribution in [2.45, 2.75) is 33.1 Å². The normalized spacial score (nSPS) is 11.4. The summed E-state index contributed by atoms with van der Waals surface area (Å²) in [6.07, 6.45) is 4.32. The molecule has 19 heavy (non-hydrogen) atoms. The van der Waals surface area contributed by atoms with E-state index < -0.39 is 5.97 Å². The fourth-order valence-electron chi connectivity index (χ4n) is 1.56. The first-order valence-electron chi connectivity index (χ1n) is 6.44. The molecule has 0 radical (unpaired) electrons. The Morgan fingerprint density at radius 1 is 1.42 bits per heavy atom. The Labute approximate surface area is 127 Å². The van der Waals surface area contributed by atoms with Gasteiger partial charge in [0.2, 0.25) is 0 Å². The summed E-state index contributed by atoms with van der Waals surface area (Å²) in [5.41, 5.74) is 1.27. The first kappa shape index (κ1) is 16.0. The smallest absolute Gasteiger partial charge is 0.331 e. The molecule has 1 N–H and O–H groups in total. The Bertz CT molecular complexity index is 466. The summed E-state index contributed by atoms with van der Waals surface area (Å²) in [7, 11) is 0. The molecule has 0 saturated heterocycles. The molecule has 1 rings (SSSR count). The summed E-state index contributed by atoms with van der Waals surface area (Å²) in [6.45, 7) is 4.65. The van der Waals surface area contributed by atoms with Crippen molar-refractivity contribution in [1.82, 2.24) is 0 Å². The second kappa shape index (κ2) is 8.19. The number of unbranched alkanes of at least 4 members (excludes halogenated alkanes) is 1. The van der Waals surface area contributed by atoms with Gasteiger partial charge in [-0.3, -0.25) is 0 Å². The van der Waals surface area contributed by atoms with Crippen LogP contribution in [0.15, 0.2) is 23.8 Å². The van der Waals surface area contributed by atoms with Crippen LogP contribution in [-0.4, -0.2) is 17.7 Å². The van der Waals surface area contributed by atoms with Gasteiger partial charge >= 0.3 is 5.97 Å². The van der Waals surface area contributed by atoms with Gasteiger partial charge in [-0.1, -0.05) is 26.3 Å². The van der Waals surface area contributed by atoms with E-state index in [1.165, 1.54) is 0 Å². The van der Waals surface area contributed by atoms with E-state index >= 15 is 0 Å². The van der Waals surface area contributed by atoms with Crippen molar-refractivity contribution in [2.75, 3.05) is 6.61 Å². The first-order chi connectivity index (χ1) is 9.08. The number of aliphatic carboxylic acids is 1. The highest BCUT2D eigenvalue weighted by molar-refractivity contribution is 14.1. The predicted molar refractivity (Wildman–Crippen MR) is 85.5 cm³/mol. The van der Waals surface area contributed by atoms with Crippen LogP contribution in [0.25, 0.3) is 6.08 Å². The van der Waals surface area contributed by atoms with Crippen LogP contribution < -0.4 is 4.74 Å². The highest BCUT2D eigenvalue weighted by atomic mass is 127. The first-order valence-corrected chi connectivity index (χ1v) is 7.52. The minimum Gasteiger partial charge on any atom is -0.492 e. The average molecular weight is 374 g/mol. The van der Waals surface area contributed by atoms with E-state index in [9.17, 15) is 4.79 Å². The Morgan fingerprint density at radius 2 is 2.16 bits per heavy atom. The van der Waals surface area contributed by atoms with E-state index in [0.717, 1.165) is 27.7 Å². The maximum Gasteiger partial charge on any atom is 0.331 e. The molecule has 0 spiro atoms. The monoisotopic (exact) mass is 374 g/mol. The molecule has 3 nitrogen and oxygen atoms in total. The molecule has 0 aliphatic rings. The lowest BCUT2D eigenvalue weighted by molar-refractivity contribution is -0.132. The van der Waals surface area contributed by atoms with Crippen LogP contribution in [0.5, 0.6) is 5.75 Å². The van der Waals surface area contributed by atoms with Gasteiger partial charge in [-0.2, -0.15) is 0 Å². The fraction of sp³-hybridized carbons (Fsp3) is 0.400. The predicted octanol–water partition coefficient (Wildman–Crippen LogP) is 4.35. The van der Waals surface area contributed by atoms with E-state index in [2.05, 4.69) is 29.5 Å². The molecule has 0 fully saturated rings. The zero-order valence-corrected chi connectivity index (χ0v) is 13.4. The molecular weight excluding hydrogens is 355 g/mol. The van der Waals surface area contributed by atoms with E-state index in [1.807, 2.05) is 25.1 Å². The van der Waals surface area contributed by atoms with Gasteiger partial charge in [-0.15, -0.1) is 0 Å². The lowest BCUT2D eigenvalue weighted by Gasteiger charge is -2.09. The van der Waals surface area contributed by atoms with Gasteiger partial charge in [0.05, 0.1) is 10.2 Å². The van der Waals surface area contributed by atoms with Crippen molar-refractivity contribution < 1.29 is 14.6 Å². The highest BCUT2D eigenvalue weighted by Gasteiger charge is 2.06. The maximum atomic E-state index is 11.0. The minimum absolute atomic E-state index is 0.403. The molecule has 0 aromatic heterocycles. The van der Waals surface area contributed by atoms with Crippen molar-refractivity contribution in [3.8, 4) is 5.75 Å². The topological polar surface area (TPSA) is 46.5 Å². The number of halogens is 1. The van der Waals surface area contributed by atoms with Crippen LogP contribution in [0, 0.1) is 3.57 Å². The number of carboxylic acids is 1. The van der Waals surface area contributed by atoms with Crippen LogP contribution in [0.4, 0.5) is 0 Å². The Hall–Kier alpha value is -1.04. The van der Waals surface area contributed by atoms with Crippen molar-refractivity contribution in [3.05, 3.63) is 32.9 Å². The summed E-state index contributed by atoms with van der Waals surface area (Å²) >= 11 is 2.22. The zero-order valence-electron chi connectivity index (χ0n) is 11.3. The molecule has 0 unspecified atom stereocenters. The van der Waals surface area contributed by atoms with Gasteiger partial charge < -0.3 is 9.84 Å². The molecule has 0 bridgehead atoms. The molecule has 104 valence electrons. The Morgan fingerprint density at radius 3 is 2.74 bits per heavy atom. The van der Waals surface area contributed by atoms with Gasteiger partial charge in [0.15, 0.2) is 0 Å². The van der Waals surface area contributed by atoms with Gasteiger partial charge in [-0.05, 0) is 59.2 Å². The van der Waals surface area contributed by atoms with Crippen LogP contribution >= 0.6 is 22.6 Å². The molecule has 0 aliphatic heterocycles. The third-order valence-corrected chi connectivity index (χ3v) is 3.60. The second-order valence-electron chi connectivity index (χ2n) is 4.22. The molecule has 0 atom stereocenters. The summed E-state index contributed by atoms with van der Waals surface area (Å²) in [5, 5.41) is 9.03. The van der Waals surface area contributed by atoms with Crippen LogP contribution in [0.2, 0.25) is 0 Å². The zero-order chi connectivity index (χ0) is 14.3. The third kappa shape index (κ3) is 5.22. The van der Waals surface area contributed by atoms with Crippen molar-refractivity contribution in [1.29, 1.82) is 0 Å². The molecule has 0 heterocycles. The van der Waals surface area contributed by atoms with Crippen LogP contribution in [0.3, 0.4) is 0 Å². The lowest BCUT2D eigenvalue weighted by Crippen LogP contribution is -2.00. The summed E-state index contributed by atoms with van der Waals surface area (Å²) in [6, 6.07) is 5.76. The molecule has 0 amide bonds. The molecule has 0 aliphatic carbocycles. The number of carboxylic acid groups (broad SMARTS) is 1. The highest BCUT2D eigenvalue weighted by Crippen LogP contribution is 2.24. The van der Waals surface area contributed by atoms with Gasteiger partial charge in [-0.25, -0.2) is 4.79 Å². The molecular formula is C15H19IO3. The summed E-state index contributed by atoms with van der Waals surface area (Å²) < 4.78 is 6.75. The number of benzene rings is 1. The van der Waals surface area contributed by atoms with Gasteiger partial charge in [0.25, 0.3) is 0 Å². The van der Waals surface area contributed by atoms with E-state index in [4.69, 9.17) is 9.84 Å². The molecule has 1 aromatic rings. The molecule has 0 saturated carbocycles. The molecule has 4 heteroatoms. The van der Waals surface area contributed by atoms with E-state index in [-0.39, 0.29) is 0 Å². The number of rotatable bonds is 7. The maximum absolute atomic E-state index is 11.0. The fourth-order valence-corrected chi connectivity index (χ4v) is 2.05. The van der Waals surface area contributed by atoms with Crippen LogP contribution in [0.1, 0.15) is 38.7 Å². The number of hydrogen-bond donors (Lipinski definition) is 1. The Kier molecular flexibility index (Phi) is 6.91. The standard InChI is InChI=1S/C15H19IO3/c1-3-5-8-19-14-10-11(6-7-13(14)16)9-12(4-2)15(17)18/h6-7,9-10H,3-5,8H2,1-2H3,(H,17,18)/b12-9+.